The lowest BCUT2D eigenvalue weighted by molar-refractivity contribution is 0.0526. The van der Waals surface area contributed by atoms with Gasteiger partial charge in [-0.3, -0.25) is 9.48 Å². The number of amides is 1. The number of aryl methyl sites for hydroxylation is 3. The van der Waals surface area contributed by atoms with Gasteiger partial charge < -0.3 is 10.1 Å². The van der Waals surface area contributed by atoms with Crippen LogP contribution in [0.3, 0.4) is 0 Å². The number of carbonyl (C=O) groups excluding carboxylic acids is 2. The Bertz CT molecular complexity index is 1140. The largest absolute Gasteiger partial charge is 0.462 e. The third-order valence-electron chi connectivity index (χ3n) is 4.89. The molecule has 0 saturated carbocycles. The molecule has 0 radical (unpaired) electrons. The minimum atomic E-state index is -0.406. The van der Waals surface area contributed by atoms with Gasteiger partial charge in [0, 0.05) is 17.4 Å². The number of hydrogen-bond acceptors (Lipinski definition) is 5. The number of nitrogens with one attached hydrogen (secondary N) is 1. The lowest BCUT2D eigenvalue weighted by Crippen LogP contribution is -2.12. The zero-order valence-electron chi connectivity index (χ0n) is 17.8. The van der Waals surface area contributed by atoms with E-state index in [2.05, 4.69) is 16.5 Å². The van der Waals surface area contributed by atoms with Gasteiger partial charge >= 0.3 is 5.97 Å². The molecule has 1 amide bonds. The summed E-state index contributed by atoms with van der Waals surface area (Å²) in [6, 6.07) is 14.5. The van der Waals surface area contributed by atoms with Gasteiger partial charge in [-0.05, 0) is 62.2 Å². The Balaban J connectivity index is 1.88. The van der Waals surface area contributed by atoms with Crippen LogP contribution in [0.25, 0.3) is 11.3 Å². The summed E-state index contributed by atoms with van der Waals surface area (Å²) in [4.78, 5) is 24.8. The maximum absolute atomic E-state index is 13.0. The first-order chi connectivity index (χ1) is 14.9. The highest BCUT2D eigenvalue weighted by Gasteiger charge is 2.19. The molecule has 2 aromatic carbocycles. The van der Waals surface area contributed by atoms with Gasteiger partial charge in [0.1, 0.15) is 5.69 Å². The fourth-order valence-electron chi connectivity index (χ4n) is 3.07. The number of hydrogen-bond donors (Lipinski definition) is 1. The second-order valence-electron chi connectivity index (χ2n) is 7.11. The van der Waals surface area contributed by atoms with Crippen molar-refractivity contribution >= 4 is 17.6 Å². The number of carbonyl (C=O) groups is 2. The number of benzene rings is 2. The minimum absolute atomic E-state index is 0.296. The van der Waals surface area contributed by atoms with Crippen molar-refractivity contribution in [1.82, 2.24) is 9.78 Å². The predicted molar refractivity (Wildman–Crippen MR) is 118 cm³/mol. The minimum Gasteiger partial charge on any atom is -0.462 e. The summed E-state index contributed by atoms with van der Waals surface area (Å²) in [6.45, 7) is 6.48. The summed E-state index contributed by atoms with van der Waals surface area (Å²) >= 11 is 0. The highest BCUT2D eigenvalue weighted by molar-refractivity contribution is 6.08. The first kappa shape index (κ1) is 21.8. The van der Waals surface area contributed by atoms with Crippen LogP contribution >= 0.6 is 0 Å². The maximum Gasteiger partial charge on any atom is 0.338 e. The molecule has 3 rings (SSSR count). The van der Waals surface area contributed by atoms with E-state index in [1.165, 1.54) is 0 Å². The topological polar surface area (TPSA) is 97.0 Å². The lowest BCUT2D eigenvalue weighted by atomic mass is 10.0. The highest BCUT2D eigenvalue weighted by Crippen LogP contribution is 2.25. The van der Waals surface area contributed by atoms with Crippen molar-refractivity contribution in [3.63, 3.8) is 0 Å². The summed E-state index contributed by atoms with van der Waals surface area (Å²) in [5, 5.41) is 16.3. The zero-order chi connectivity index (χ0) is 22.4. The SMILES string of the molecule is CCOC(=O)c1ccc(NC(=O)c2cn(CCC#N)nc2-c2ccc(C)c(C)c2)cc1. The lowest BCUT2D eigenvalue weighted by Gasteiger charge is -2.08. The van der Waals surface area contributed by atoms with E-state index in [9.17, 15) is 9.59 Å². The van der Waals surface area contributed by atoms with E-state index in [1.54, 1.807) is 42.1 Å². The summed E-state index contributed by atoms with van der Waals surface area (Å²) < 4.78 is 6.59. The van der Waals surface area contributed by atoms with Crippen molar-refractivity contribution in [2.75, 3.05) is 11.9 Å². The number of nitrogens with zero attached hydrogens (tertiary/aromatic N) is 3. The Kier molecular flexibility index (Phi) is 6.83. The van der Waals surface area contributed by atoms with E-state index in [0.29, 0.717) is 42.1 Å². The molecule has 0 aliphatic rings. The number of anilines is 1. The highest BCUT2D eigenvalue weighted by atomic mass is 16.5. The Morgan fingerprint density at radius 1 is 1.13 bits per heavy atom. The molecule has 1 aromatic heterocycles. The molecule has 0 spiro atoms. The molecule has 158 valence electrons. The molecule has 0 saturated heterocycles. The van der Waals surface area contributed by atoms with Crippen LogP contribution < -0.4 is 5.32 Å². The molecule has 0 aliphatic carbocycles. The van der Waals surface area contributed by atoms with Crippen LogP contribution in [0.4, 0.5) is 5.69 Å². The molecular formula is C24H24N4O3. The van der Waals surface area contributed by atoms with Crippen molar-refractivity contribution in [1.29, 1.82) is 5.26 Å². The average Bonchev–Trinajstić information content (AvgIpc) is 3.19. The van der Waals surface area contributed by atoms with Crippen LogP contribution in [0.5, 0.6) is 0 Å². The molecule has 0 aliphatic heterocycles. The fourth-order valence-corrected chi connectivity index (χ4v) is 3.07. The molecule has 1 heterocycles. The number of ether oxygens (including phenoxy) is 1. The van der Waals surface area contributed by atoms with E-state index in [4.69, 9.17) is 10.00 Å². The quantitative estimate of drug-likeness (QED) is 0.572. The summed E-state index contributed by atoms with van der Waals surface area (Å²) in [5.74, 6) is -0.725. The van der Waals surface area contributed by atoms with E-state index in [1.807, 2.05) is 32.0 Å². The number of rotatable bonds is 7. The first-order valence-electron chi connectivity index (χ1n) is 10.0. The van der Waals surface area contributed by atoms with Crippen molar-refractivity contribution in [3.05, 3.63) is 70.9 Å². The Labute approximate surface area is 181 Å². The van der Waals surface area contributed by atoms with E-state index >= 15 is 0 Å². The van der Waals surface area contributed by atoms with Gasteiger partial charge in [0.2, 0.25) is 0 Å². The van der Waals surface area contributed by atoms with Gasteiger partial charge in [-0.2, -0.15) is 10.4 Å². The maximum atomic E-state index is 13.0. The summed E-state index contributed by atoms with van der Waals surface area (Å²) in [5.41, 5.74) is 5.03. The van der Waals surface area contributed by atoms with Crippen molar-refractivity contribution in [2.45, 2.75) is 33.7 Å². The molecule has 31 heavy (non-hydrogen) atoms. The number of aromatic nitrogens is 2. The van der Waals surface area contributed by atoms with Crippen molar-refractivity contribution < 1.29 is 14.3 Å². The van der Waals surface area contributed by atoms with Crippen LogP contribution in [0, 0.1) is 25.2 Å². The van der Waals surface area contributed by atoms with Gasteiger partial charge in [0.05, 0.1) is 36.8 Å². The zero-order valence-corrected chi connectivity index (χ0v) is 17.8. The third-order valence-corrected chi connectivity index (χ3v) is 4.89. The molecule has 0 bridgehead atoms. The molecule has 1 N–H and O–H groups in total. The van der Waals surface area contributed by atoms with E-state index in [-0.39, 0.29) is 5.91 Å². The summed E-state index contributed by atoms with van der Waals surface area (Å²) in [6.07, 6.45) is 1.95. The average molecular weight is 416 g/mol. The molecular weight excluding hydrogens is 392 g/mol. The first-order valence-corrected chi connectivity index (χ1v) is 10.0. The molecule has 7 heteroatoms. The second-order valence-corrected chi connectivity index (χ2v) is 7.11. The summed E-state index contributed by atoms with van der Waals surface area (Å²) in [7, 11) is 0. The van der Waals surface area contributed by atoms with Crippen LogP contribution in [-0.2, 0) is 11.3 Å². The normalized spacial score (nSPS) is 10.4. The molecule has 3 aromatic rings. The Hall–Kier alpha value is -3.92. The predicted octanol–water partition coefficient (Wildman–Crippen LogP) is 4.51. The van der Waals surface area contributed by atoms with Gasteiger partial charge in [-0.25, -0.2) is 4.79 Å². The van der Waals surface area contributed by atoms with Crippen molar-refractivity contribution in [3.8, 4) is 17.3 Å². The van der Waals surface area contributed by atoms with Gasteiger partial charge in [-0.15, -0.1) is 0 Å². The third kappa shape index (κ3) is 5.17. The number of esters is 1. The molecule has 0 fully saturated rings. The Morgan fingerprint density at radius 2 is 1.87 bits per heavy atom. The van der Waals surface area contributed by atoms with Gasteiger partial charge in [-0.1, -0.05) is 12.1 Å². The van der Waals surface area contributed by atoms with Crippen molar-refractivity contribution in [2.24, 2.45) is 0 Å². The smallest absolute Gasteiger partial charge is 0.338 e. The van der Waals surface area contributed by atoms with Gasteiger partial charge in [0.15, 0.2) is 0 Å². The molecule has 7 nitrogen and oxygen atoms in total. The van der Waals surface area contributed by atoms with E-state index < -0.39 is 5.97 Å². The fraction of sp³-hybridized carbons (Fsp3) is 0.250. The van der Waals surface area contributed by atoms with Crippen LogP contribution in [-0.4, -0.2) is 28.3 Å². The van der Waals surface area contributed by atoms with Crippen LogP contribution in [0.15, 0.2) is 48.7 Å². The van der Waals surface area contributed by atoms with Crippen LogP contribution in [0.1, 0.15) is 45.2 Å². The second kappa shape index (κ2) is 9.72. The van der Waals surface area contributed by atoms with Crippen LogP contribution in [0.2, 0.25) is 0 Å². The number of nitriles is 1. The molecule has 0 unspecified atom stereocenters. The van der Waals surface area contributed by atoms with Gasteiger partial charge in [0.25, 0.3) is 5.91 Å². The monoisotopic (exact) mass is 416 g/mol. The van der Waals surface area contributed by atoms with E-state index in [0.717, 1.165) is 16.7 Å². The Morgan fingerprint density at radius 3 is 2.52 bits per heavy atom. The molecule has 0 atom stereocenters. The standard InChI is InChI=1S/C24H24N4O3/c1-4-31-24(30)18-8-10-20(11-9-18)26-23(29)21-15-28(13-5-12-25)27-22(21)19-7-6-16(2)17(3)14-19/h6-11,14-15H,4-5,13H2,1-3H3,(H,26,29).